The fraction of sp³-hybridized carbons (Fsp3) is 0.538. The molecular formula is C13H20ClN3. The average molecular weight is 254 g/mol. The summed E-state index contributed by atoms with van der Waals surface area (Å²) in [6, 6.07) is 6.75. The third-order valence-electron chi connectivity index (χ3n) is 3.58. The zero-order valence-electron chi connectivity index (χ0n) is 10.4. The number of hydrogen-bond donors (Lipinski definition) is 2. The first kappa shape index (κ1) is 12.5. The Labute approximate surface area is 108 Å². The van der Waals surface area contributed by atoms with Crippen LogP contribution in [0.15, 0.2) is 18.2 Å². The maximum atomic E-state index is 5.94. The highest BCUT2D eigenvalue weighted by Crippen LogP contribution is 2.26. The Bertz CT molecular complexity index is 394. The molecule has 0 radical (unpaired) electrons. The van der Waals surface area contributed by atoms with E-state index in [9.17, 15) is 0 Å². The number of nitrogen functional groups attached to an aromatic ring is 1. The predicted octanol–water partition coefficient (Wildman–Crippen LogP) is 2.82. The lowest BCUT2D eigenvalue weighted by molar-refractivity contribution is 0.190. The highest BCUT2D eigenvalue weighted by Gasteiger charge is 2.22. The number of anilines is 2. The summed E-state index contributed by atoms with van der Waals surface area (Å²) >= 11 is 5.89. The number of halogens is 1. The van der Waals surface area contributed by atoms with Gasteiger partial charge >= 0.3 is 0 Å². The minimum atomic E-state index is 0.504. The van der Waals surface area contributed by atoms with Crippen LogP contribution in [0.4, 0.5) is 11.4 Å². The van der Waals surface area contributed by atoms with Gasteiger partial charge in [0.1, 0.15) is 0 Å². The first-order valence-electron chi connectivity index (χ1n) is 6.08. The van der Waals surface area contributed by atoms with Crippen molar-refractivity contribution >= 4 is 23.0 Å². The van der Waals surface area contributed by atoms with Crippen molar-refractivity contribution in [1.82, 2.24) is 4.90 Å². The van der Waals surface area contributed by atoms with Gasteiger partial charge in [-0.15, -0.1) is 0 Å². The largest absolute Gasteiger partial charge is 0.397 e. The van der Waals surface area contributed by atoms with Crippen molar-refractivity contribution in [3.8, 4) is 0 Å². The van der Waals surface area contributed by atoms with Crippen LogP contribution in [0.2, 0.25) is 5.02 Å². The van der Waals surface area contributed by atoms with Crippen molar-refractivity contribution in [1.29, 1.82) is 0 Å². The third-order valence-corrected chi connectivity index (χ3v) is 3.82. The third kappa shape index (κ3) is 3.05. The average Bonchev–Trinajstić information content (AvgIpc) is 2.27. The molecule has 2 unspecified atom stereocenters. The molecule has 1 aromatic carbocycles. The van der Waals surface area contributed by atoms with Gasteiger partial charge in [-0.2, -0.15) is 0 Å². The monoisotopic (exact) mass is 253 g/mol. The summed E-state index contributed by atoms with van der Waals surface area (Å²) in [5.41, 5.74) is 7.67. The molecule has 17 heavy (non-hydrogen) atoms. The molecule has 2 atom stereocenters. The van der Waals surface area contributed by atoms with Crippen molar-refractivity contribution in [3.05, 3.63) is 23.2 Å². The van der Waals surface area contributed by atoms with Gasteiger partial charge in [0, 0.05) is 23.7 Å². The molecule has 2 rings (SSSR count). The maximum Gasteiger partial charge on any atom is 0.0577 e. The molecule has 4 heteroatoms. The summed E-state index contributed by atoms with van der Waals surface area (Å²) in [5, 5.41) is 4.20. The second-order valence-electron chi connectivity index (χ2n) is 4.93. The summed E-state index contributed by atoms with van der Waals surface area (Å²) in [7, 11) is 2.18. The smallest absolute Gasteiger partial charge is 0.0577 e. The van der Waals surface area contributed by atoms with E-state index in [1.807, 2.05) is 12.1 Å². The van der Waals surface area contributed by atoms with Gasteiger partial charge in [0.25, 0.3) is 0 Å². The topological polar surface area (TPSA) is 41.3 Å². The van der Waals surface area contributed by atoms with E-state index < -0.39 is 0 Å². The van der Waals surface area contributed by atoms with E-state index in [0.717, 1.165) is 30.8 Å². The molecule has 0 saturated carbocycles. The fourth-order valence-corrected chi connectivity index (χ4v) is 2.49. The number of rotatable bonds is 2. The molecule has 1 aliphatic heterocycles. The normalized spacial score (nSPS) is 25.8. The van der Waals surface area contributed by atoms with Crippen LogP contribution in [0.1, 0.15) is 19.8 Å². The molecule has 1 aliphatic rings. The van der Waals surface area contributed by atoms with E-state index >= 15 is 0 Å². The van der Waals surface area contributed by atoms with Gasteiger partial charge in [-0.1, -0.05) is 11.6 Å². The van der Waals surface area contributed by atoms with E-state index in [2.05, 4.69) is 24.2 Å². The molecule has 0 spiro atoms. The number of benzene rings is 1. The summed E-state index contributed by atoms with van der Waals surface area (Å²) < 4.78 is 0. The number of likely N-dealkylation sites (tertiary alicyclic amines) is 1. The maximum absolute atomic E-state index is 5.94. The minimum absolute atomic E-state index is 0.504. The molecule has 1 fully saturated rings. The van der Waals surface area contributed by atoms with Crippen molar-refractivity contribution in [2.45, 2.75) is 31.8 Å². The number of nitrogens with two attached hydrogens (primary N) is 1. The van der Waals surface area contributed by atoms with Gasteiger partial charge in [-0.25, -0.2) is 0 Å². The lowest BCUT2D eigenvalue weighted by Gasteiger charge is -2.36. The summed E-state index contributed by atoms with van der Waals surface area (Å²) in [6.45, 7) is 3.39. The van der Waals surface area contributed by atoms with Crippen LogP contribution in [0.5, 0.6) is 0 Å². The standard InChI is InChI=1S/C13H20ClN3/c1-9-7-11(5-6-17(9)2)16-13-4-3-10(14)8-12(13)15/h3-4,8-9,11,16H,5-7,15H2,1-2H3. The first-order chi connectivity index (χ1) is 8.06. The van der Waals surface area contributed by atoms with E-state index in [0.29, 0.717) is 17.1 Å². The molecule has 1 saturated heterocycles. The first-order valence-corrected chi connectivity index (χ1v) is 6.46. The fourth-order valence-electron chi connectivity index (χ4n) is 2.31. The van der Waals surface area contributed by atoms with Gasteiger partial charge in [-0.3, -0.25) is 0 Å². The number of piperidine rings is 1. The molecule has 3 nitrogen and oxygen atoms in total. The molecular weight excluding hydrogens is 234 g/mol. The number of nitrogens with zero attached hydrogens (tertiary/aromatic N) is 1. The predicted molar refractivity (Wildman–Crippen MR) is 74.6 cm³/mol. The molecule has 0 aliphatic carbocycles. The number of hydrogen-bond acceptors (Lipinski definition) is 3. The zero-order valence-corrected chi connectivity index (χ0v) is 11.2. The van der Waals surface area contributed by atoms with Crippen molar-refractivity contribution in [3.63, 3.8) is 0 Å². The van der Waals surface area contributed by atoms with Crippen LogP contribution in [0.25, 0.3) is 0 Å². The van der Waals surface area contributed by atoms with E-state index in [-0.39, 0.29) is 0 Å². The van der Waals surface area contributed by atoms with Crippen LogP contribution >= 0.6 is 11.6 Å². The quantitative estimate of drug-likeness (QED) is 0.797. The Hall–Kier alpha value is -0.930. The van der Waals surface area contributed by atoms with E-state index in [1.165, 1.54) is 0 Å². The van der Waals surface area contributed by atoms with Gasteiger partial charge in [0.05, 0.1) is 11.4 Å². The van der Waals surface area contributed by atoms with Gasteiger partial charge in [0.2, 0.25) is 0 Å². The zero-order chi connectivity index (χ0) is 12.4. The SMILES string of the molecule is CC1CC(Nc2ccc(Cl)cc2N)CCN1C. The molecule has 0 aromatic heterocycles. The summed E-state index contributed by atoms with van der Waals surface area (Å²) in [4.78, 5) is 2.39. The van der Waals surface area contributed by atoms with E-state index in [1.54, 1.807) is 6.07 Å². The van der Waals surface area contributed by atoms with Crippen molar-refractivity contribution in [2.24, 2.45) is 0 Å². The number of nitrogens with one attached hydrogen (secondary N) is 1. The molecule has 0 amide bonds. The Morgan fingerprint density at radius 1 is 1.47 bits per heavy atom. The van der Waals surface area contributed by atoms with Gasteiger partial charge in [-0.05, 0) is 45.0 Å². The second kappa shape index (κ2) is 5.15. The molecule has 3 N–H and O–H groups in total. The van der Waals surface area contributed by atoms with E-state index in [4.69, 9.17) is 17.3 Å². The highest BCUT2D eigenvalue weighted by molar-refractivity contribution is 6.31. The Balaban J connectivity index is 2.01. The van der Waals surface area contributed by atoms with Crippen LogP contribution < -0.4 is 11.1 Å². The Morgan fingerprint density at radius 3 is 2.88 bits per heavy atom. The summed E-state index contributed by atoms with van der Waals surface area (Å²) in [5.74, 6) is 0. The molecule has 0 bridgehead atoms. The lowest BCUT2D eigenvalue weighted by Crippen LogP contribution is -2.42. The van der Waals surface area contributed by atoms with Gasteiger partial charge < -0.3 is 16.0 Å². The molecule has 1 aromatic rings. The van der Waals surface area contributed by atoms with Crippen LogP contribution in [0.3, 0.4) is 0 Å². The Morgan fingerprint density at radius 2 is 2.24 bits per heavy atom. The minimum Gasteiger partial charge on any atom is -0.397 e. The van der Waals surface area contributed by atoms with Gasteiger partial charge in [0.15, 0.2) is 0 Å². The van der Waals surface area contributed by atoms with Crippen molar-refractivity contribution in [2.75, 3.05) is 24.6 Å². The molecule has 1 heterocycles. The van der Waals surface area contributed by atoms with Crippen LogP contribution in [-0.4, -0.2) is 30.6 Å². The summed E-state index contributed by atoms with van der Waals surface area (Å²) in [6.07, 6.45) is 2.31. The van der Waals surface area contributed by atoms with Crippen LogP contribution in [-0.2, 0) is 0 Å². The van der Waals surface area contributed by atoms with Crippen LogP contribution in [0, 0.1) is 0 Å². The van der Waals surface area contributed by atoms with Crippen molar-refractivity contribution < 1.29 is 0 Å². The lowest BCUT2D eigenvalue weighted by atomic mass is 9.98. The second-order valence-corrected chi connectivity index (χ2v) is 5.36. The highest BCUT2D eigenvalue weighted by atomic mass is 35.5. The Kier molecular flexibility index (Phi) is 3.79. The molecule has 94 valence electrons.